The second kappa shape index (κ2) is 5.69. The van der Waals surface area contributed by atoms with Gasteiger partial charge in [0.15, 0.2) is 0 Å². The monoisotopic (exact) mass is 304 g/mol. The molecule has 4 heteroatoms. The third kappa shape index (κ3) is 2.40. The van der Waals surface area contributed by atoms with Crippen molar-refractivity contribution in [3.8, 4) is 6.07 Å². The Morgan fingerprint density at radius 1 is 1.00 bits per heavy atom. The van der Waals surface area contributed by atoms with Crippen LogP contribution in [0.1, 0.15) is 49.9 Å². The zero-order chi connectivity index (χ0) is 16.6. The summed E-state index contributed by atoms with van der Waals surface area (Å²) in [6, 6.07) is 14.1. The summed E-state index contributed by atoms with van der Waals surface area (Å²) in [5.41, 5.74) is 3.83. The minimum absolute atomic E-state index is 0.0774. The van der Waals surface area contributed by atoms with Gasteiger partial charge in [-0.05, 0) is 42.7 Å². The fourth-order valence-corrected chi connectivity index (χ4v) is 2.91. The summed E-state index contributed by atoms with van der Waals surface area (Å²) in [6.45, 7) is 3.98. The fourth-order valence-electron chi connectivity index (χ4n) is 2.91. The first-order chi connectivity index (χ1) is 11.0. The van der Waals surface area contributed by atoms with E-state index in [1.54, 1.807) is 24.3 Å². The molecular formula is C19H16N2O2. The van der Waals surface area contributed by atoms with Crippen molar-refractivity contribution in [2.45, 2.75) is 26.3 Å². The molecule has 2 aromatic carbocycles. The average Bonchev–Trinajstić information content (AvgIpc) is 2.80. The summed E-state index contributed by atoms with van der Waals surface area (Å²) >= 11 is 0. The van der Waals surface area contributed by atoms with E-state index in [0.29, 0.717) is 11.1 Å². The highest BCUT2D eigenvalue weighted by Gasteiger charge is 2.40. The van der Waals surface area contributed by atoms with Gasteiger partial charge in [-0.15, -0.1) is 0 Å². The maximum atomic E-state index is 12.6. The Kier molecular flexibility index (Phi) is 3.71. The Morgan fingerprint density at radius 2 is 1.61 bits per heavy atom. The van der Waals surface area contributed by atoms with Crippen molar-refractivity contribution < 1.29 is 9.59 Å². The van der Waals surface area contributed by atoms with E-state index in [0.717, 1.165) is 16.7 Å². The van der Waals surface area contributed by atoms with Crippen LogP contribution in [-0.2, 0) is 0 Å². The van der Waals surface area contributed by atoms with E-state index in [-0.39, 0.29) is 18.2 Å². The second-order valence-electron chi connectivity index (χ2n) is 5.75. The molecule has 4 nitrogen and oxygen atoms in total. The summed E-state index contributed by atoms with van der Waals surface area (Å²) in [7, 11) is 0. The second-order valence-corrected chi connectivity index (χ2v) is 5.75. The van der Waals surface area contributed by atoms with E-state index < -0.39 is 6.04 Å². The molecule has 1 aliphatic rings. The van der Waals surface area contributed by atoms with Crippen molar-refractivity contribution in [2.75, 3.05) is 0 Å². The van der Waals surface area contributed by atoms with E-state index in [1.165, 1.54) is 4.90 Å². The number of nitriles is 1. The summed E-state index contributed by atoms with van der Waals surface area (Å²) in [5, 5.41) is 9.17. The molecule has 0 N–H and O–H groups in total. The van der Waals surface area contributed by atoms with E-state index in [2.05, 4.69) is 6.07 Å². The van der Waals surface area contributed by atoms with E-state index >= 15 is 0 Å². The first-order valence-corrected chi connectivity index (χ1v) is 7.45. The van der Waals surface area contributed by atoms with Gasteiger partial charge in [-0.2, -0.15) is 5.26 Å². The van der Waals surface area contributed by atoms with Crippen LogP contribution < -0.4 is 0 Å². The number of imide groups is 1. The Bertz CT molecular complexity index is 814. The minimum Gasteiger partial charge on any atom is -0.269 e. The van der Waals surface area contributed by atoms with Crippen molar-refractivity contribution in [1.82, 2.24) is 4.90 Å². The first-order valence-electron chi connectivity index (χ1n) is 7.45. The Hall–Kier alpha value is -2.93. The van der Waals surface area contributed by atoms with Crippen LogP contribution in [0.5, 0.6) is 0 Å². The van der Waals surface area contributed by atoms with Crippen LogP contribution >= 0.6 is 0 Å². The molecule has 1 unspecified atom stereocenters. The molecule has 0 fully saturated rings. The molecule has 2 aromatic rings. The van der Waals surface area contributed by atoms with Crippen molar-refractivity contribution in [3.63, 3.8) is 0 Å². The number of rotatable bonds is 3. The molecular weight excluding hydrogens is 288 g/mol. The molecule has 1 heterocycles. The summed E-state index contributed by atoms with van der Waals surface area (Å²) in [5.74, 6) is -0.659. The van der Waals surface area contributed by atoms with Gasteiger partial charge >= 0.3 is 0 Å². The van der Waals surface area contributed by atoms with Crippen LogP contribution in [0.15, 0.2) is 42.5 Å². The molecule has 1 aliphatic heterocycles. The lowest BCUT2D eigenvalue weighted by atomic mass is 9.98. The third-order valence-electron chi connectivity index (χ3n) is 4.34. The topological polar surface area (TPSA) is 61.2 Å². The van der Waals surface area contributed by atoms with Gasteiger partial charge in [0, 0.05) is 0 Å². The molecule has 0 saturated carbocycles. The highest BCUT2D eigenvalue weighted by atomic mass is 16.2. The van der Waals surface area contributed by atoms with E-state index in [1.807, 2.05) is 32.0 Å². The number of nitrogens with zero attached hydrogens (tertiary/aromatic N) is 2. The molecule has 2 amide bonds. The fraction of sp³-hybridized carbons (Fsp3) is 0.211. The van der Waals surface area contributed by atoms with Crippen LogP contribution in [0, 0.1) is 25.2 Å². The predicted octanol–water partition coefficient (Wildman–Crippen LogP) is 3.55. The van der Waals surface area contributed by atoms with Gasteiger partial charge in [-0.3, -0.25) is 14.5 Å². The predicted molar refractivity (Wildman–Crippen MR) is 85.8 cm³/mol. The molecule has 0 radical (unpaired) electrons. The van der Waals surface area contributed by atoms with Crippen LogP contribution in [0.4, 0.5) is 0 Å². The van der Waals surface area contributed by atoms with Crippen molar-refractivity contribution in [2.24, 2.45) is 0 Å². The van der Waals surface area contributed by atoms with E-state index in [4.69, 9.17) is 0 Å². The minimum atomic E-state index is -0.563. The molecule has 0 spiro atoms. The van der Waals surface area contributed by atoms with Gasteiger partial charge in [0.25, 0.3) is 11.8 Å². The van der Waals surface area contributed by atoms with Crippen molar-refractivity contribution >= 4 is 11.8 Å². The van der Waals surface area contributed by atoms with Crippen molar-refractivity contribution in [1.29, 1.82) is 5.26 Å². The summed E-state index contributed by atoms with van der Waals surface area (Å²) in [4.78, 5) is 26.5. The SMILES string of the molecule is Cc1ccc(C(CC#N)N2C(=O)c3ccccc3C2=O)cc1C. The van der Waals surface area contributed by atoms with Gasteiger partial charge in [0.2, 0.25) is 0 Å². The van der Waals surface area contributed by atoms with Crippen LogP contribution in [0.3, 0.4) is 0 Å². The molecule has 0 saturated heterocycles. The van der Waals surface area contributed by atoms with Gasteiger partial charge in [0.05, 0.1) is 29.7 Å². The Balaban J connectivity index is 2.06. The van der Waals surface area contributed by atoms with Crippen LogP contribution in [-0.4, -0.2) is 16.7 Å². The molecule has 3 rings (SSSR count). The lowest BCUT2D eigenvalue weighted by Crippen LogP contribution is -2.34. The van der Waals surface area contributed by atoms with Gasteiger partial charge < -0.3 is 0 Å². The smallest absolute Gasteiger partial charge is 0.262 e. The zero-order valence-corrected chi connectivity index (χ0v) is 13.0. The largest absolute Gasteiger partial charge is 0.269 e. The van der Waals surface area contributed by atoms with E-state index in [9.17, 15) is 14.9 Å². The Labute approximate surface area is 135 Å². The number of fused-ring (bicyclic) bond motifs is 1. The van der Waals surface area contributed by atoms with Gasteiger partial charge in [-0.25, -0.2) is 0 Å². The third-order valence-corrected chi connectivity index (χ3v) is 4.34. The summed E-state index contributed by atoms with van der Waals surface area (Å²) in [6.07, 6.45) is 0.0774. The molecule has 1 atom stereocenters. The number of benzene rings is 2. The number of hydrogen-bond donors (Lipinski definition) is 0. The molecule has 114 valence electrons. The lowest BCUT2D eigenvalue weighted by molar-refractivity contribution is 0.0584. The van der Waals surface area contributed by atoms with Crippen LogP contribution in [0.25, 0.3) is 0 Å². The number of amides is 2. The maximum absolute atomic E-state index is 12.6. The quantitative estimate of drug-likeness (QED) is 0.815. The highest BCUT2D eigenvalue weighted by molar-refractivity contribution is 6.21. The van der Waals surface area contributed by atoms with Gasteiger partial charge in [0.1, 0.15) is 0 Å². The average molecular weight is 304 g/mol. The number of aryl methyl sites for hydroxylation is 2. The first kappa shape index (κ1) is 15.0. The maximum Gasteiger partial charge on any atom is 0.262 e. The lowest BCUT2D eigenvalue weighted by Gasteiger charge is -2.25. The number of carbonyl (C=O) groups excluding carboxylic acids is 2. The Morgan fingerprint density at radius 3 is 2.13 bits per heavy atom. The van der Waals surface area contributed by atoms with Gasteiger partial charge in [-0.1, -0.05) is 30.3 Å². The highest BCUT2D eigenvalue weighted by Crippen LogP contribution is 2.33. The number of carbonyl (C=O) groups is 2. The molecule has 0 bridgehead atoms. The zero-order valence-electron chi connectivity index (χ0n) is 13.0. The van der Waals surface area contributed by atoms with Crippen LogP contribution in [0.2, 0.25) is 0 Å². The number of hydrogen-bond acceptors (Lipinski definition) is 3. The molecule has 23 heavy (non-hydrogen) atoms. The summed E-state index contributed by atoms with van der Waals surface area (Å²) < 4.78 is 0. The van der Waals surface area contributed by atoms with Crippen molar-refractivity contribution in [3.05, 3.63) is 70.3 Å². The normalized spacial score (nSPS) is 14.6. The molecule has 0 aromatic heterocycles. The standard InChI is InChI=1S/C19H16N2O2/c1-12-7-8-14(11-13(12)2)17(9-10-20)21-18(22)15-5-3-4-6-16(15)19(21)23/h3-8,11,17H,9H2,1-2H3. The molecule has 0 aliphatic carbocycles.